The number of ketones is 1. The predicted molar refractivity (Wildman–Crippen MR) is 204 cm³/mol. The molecule has 2 N–H and O–H groups in total. The highest BCUT2D eigenvalue weighted by Gasteiger charge is 2.47. The molecule has 0 aliphatic carbocycles. The number of nitrogens with one attached hydrogen (secondary N) is 2. The molecular weight excluding hydrogens is 673 g/mol. The van der Waals surface area contributed by atoms with Gasteiger partial charge in [0.05, 0.1) is 18.6 Å². The summed E-state index contributed by atoms with van der Waals surface area (Å²) in [4.78, 5) is 67.6. The molecule has 6 atom stereocenters. The maximum atomic E-state index is 14.2. The Morgan fingerprint density at radius 3 is 1.72 bits per heavy atom. The van der Waals surface area contributed by atoms with Gasteiger partial charge in [-0.05, 0) is 76.0 Å². The number of carbonyl (C=O) groups is 5. The second kappa shape index (κ2) is 19.5. The van der Waals surface area contributed by atoms with Crippen LogP contribution < -0.4 is 10.6 Å². The summed E-state index contributed by atoms with van der Waals surface area (Å²) in [7, 11) is -4.08. The second-order valence-electron chi connectivity index (χ2n) is 18.3. The van der Waals surface area contributed by atoms with Gasteiger partial charge >= 0.3 is 18.0 Å². The number of alkyl carbamates (subject to hydrolysis) is 1. The van der Waals surface area contributed by atoms with Crippen molar-refractivity contribution in [3.8, 4) is 0 Å². The molecule has 0 fully saturated rings. The van der Waals surface area contributed by atoms with Crippen molar-refractivity contribution in [3.05, 3.63) is 0 Å². The standard InChI is InChI=1S/C37H72N2O9Si2/c1-19-25(6)28(39-35(44)47-36(8,9)10)31(48-50(17,18)37(11,12)13)34(43)46-30(24(4)5)29(40)26(7)32(41)38-27(22-23(2)3)33(42)45-20-21-49(14,15)16/h23-28,30-31H,19-22H2,1-18H3,(H,38,41)(H,39,44)/t25-,26-,27-,28+,30-,31-/m0/s1. The molecule has 50 heavy (non-hydrogen) atoms. The first-order valence-electron chi connectivity index (χ1n) is 18.3. The Morgan fingerprint density at radius 1 is 0.760 bits per heavy atom. The monoisotopic (exact) mass is 744 g/mol. The van der Waals surface area contributed by atoms with Crippen LogP contribution in [0.3, 0.4) is 0 Å². The Kier molecular flexibility index (Phi) is 18.7. The SMILES string of the molecule is CC[C@H](C)[C@@H](NC(=O)OC(C)(C)C)[C@H](O[Si](C)(C)C(C)(C)C)C(=O)O[C@H](C(=O)[C@H](C)C(=O)N[C@@H](CC(C)C)C(=O)OCC[Si](C)(C)C)C(C)C. The number of hydrogen-bond acceptors (Lipinski definition) is 9. The minimum absolute atomic E-state index is 0.0748. The third-order valence-electron chi connectivity index (χ3n) is 9.08. The molecule has 11 nitrogen and oxygen atoms in total. The van der Waals surface area contributed by atoms with Crippen molar-refractivity contribution in [1.82, 2.24) is 10.6 Å². The van der Waals surface area contributed by atoms with Crippen LogP contribution in [-0.2, 0) is 37.8 Å². The number of Topliss-reactive ketones (excluding diaryl/α,β-unsaturated/α-hetero) is 1. The van der Waals surface area contributed by atoms with Crippen LogP contribution in [0.25, 0.3) is 0 Å². The van der Waals surface area contributed by atoms with Crippen molar-refractivity contribution in [2.75, 3.05) is 6.61 Å². The van der Waals surface area contributed by atoms with Crippen molar-refractivity contribution in [3.63, 3.8) is 0 Å². The fourth-order valence-electron chi connectivity index (χ4n) is 4.61. The minimum Gasteiger partial charge on any atom is -0.464 e. The molecule has 0 spiro atoms. The number of esters is 2. The van der Waals surface area contributed by atoms with Gasteiger partial charge in [0.1, 0.15) is 11.6 Å². The van der Waals surface area contributed by atoms with Gasteiger partial charge in [-0.2, -0.15) is 0 Å². The van der Waals surface area contributed by atoms with Crippen LogP contribution in [0.4, 0.5) is 4.79 Å². The van der Waals surface area contributed by atoms with Gasteiger partial charge in [-0.15, -0.1) is 0 Å². The van der Waals surface area contributed by atoms with Gasteiger partial charge in [0.15, 0.2) is 26.3 Å². The molecule has 0 aliphatic heterocycles. The molecule has 0 unspecified atom stereocenters. The van der Waals surface area contributed by atoms with Crippen molar-refractivity contribution >= 4 is 46.1 Å². The zero-order valence-electron chi connectivity index (χ0n) is 34.6. The van der Waals surface area contributed by atoms with E-state index in [2.05, 4.69) is 30.3 Å². The van der Waals surface area contributed by atoms with E-state index in [1.165, 1.54) is 6.92 Å². The summed E-state index contributed by atoms with van der Waals surface area (Å²) in [5, 5.41) is 5.31. The van der Waals surface area contributed by atoms with Crippen LogP contribution in [0.2, 0.25) is 43.8 Å². The van der Waals surface area contributed by atoms with E-state index in [1.54, 1.807) is 34.6 Å². The molecule has 0 aromatic heterocycles. The first-order chi connectivity index (χ1) is 22.4. The van der Waals surface area contributed by atoms with E-state index in [0.717, 1.165) is 6.04 Å². The smallest absolute Gasteiger partial charge is 0.407 e. The lowest BCUT2D eigenvalue weighted by atomic mass is 9.92. The second-order valence-corrected chi connectivity index (χ2v) is 28.6. The van der Waals surface area contributed by atoms with E-state index < -0.39 is 87.8 Å². The van der Waals surface area contributed by atoms with Crippen LogP contribution in [0.5, 0.6) is 0 Å². The predicted octanol–water partition coefficient (Wildman–Crippen LogP) is 7.50. The highest BCUT2D eigenvalue weighted by Crippen LogP contribution is 2.38. The summed E-state index contributed by atoms with van der Waals surface area (Å²) in [6, 6.07) is -0.955. The fourth-order valence-corrected chi connectivity index (χ4v) is 6.55. The van der Waals surface area contributed by atoms with Crippen LogP contribution in [0.1, 0.15) is 103 Å². The molecule has 0 saturated carbocycles. The van der Waals surface area contributed by atoms with E-state index in [1.807, 2.05) is 61.6 Å². The van der Waals surface area contributed by atoms with Gasteiger partial charge < -0.3 is 29.3 Å². The summed E-state index contributed by atoms with van der Waals surface area (Å²) in [5.74, 6) is -4.47. The van der Waals surface area contributed by atoms with E-state index >= 15 is 0 Å². The third-order valence-corrected chi connectivity index (χ3v) is 15.2. The Morgan fingerprint density at radius 2 is 1.30 bits per heavy atom. The van der Waals surface area contributed by atoms with E-state index in [0.29, 0.717) is 12.8 Å². The zero-order chi connectivity index (χ0) is 39.6. The first-order valence-corrected chi connectivity index (χ1v) is 24.9. The molecule has 0 heterocycles. The molecular formula is C37H72N2O9Si2. The lowest BCUT2D eigenvalue weighted by Crippen LogP contribution is -2.58. The number of carbonyl (C=O) groups excluding carboxylic acids is 5. The molecule has 0 saturated heterocycles. The fraction of sp³-hybridized carbons (Fsp3) is 0.865. The van der Waals surface area contributed by atoms with Crippen LogP contribution >= 0.6 is 0 Å². The summed E-state index contributed by atoms with van der Waals surface area (Å²) >= 11 is 0. The Bertz CT molecular complexity index is 1140. The molecule has 0 aliphatic rings. The lowest BCUT2D eigenvalue weighted by molar-refractivity contribution is -0.168. The Balaban J connectivity index is 6.44. The maximum absolute atomic E-state index is 14.2. The largest absolute Gasteiger partial charge is 0.464 e. The molecule has 292 valence electrons. The molecule has 0 bridgehead atoms. The van der Waals surface area contributed by atoms with Gasteiger partial charge in [0.2, 0.25) is 5.91 Å². The van der Waals surface area contributed by atoms with E-state index in [4.69, 9.17) is 18.6 Å². The topological polar surface area (TPSA) is 146 Å². The maximum Gasteiger partial charge on any atom is 0.407 e. The van der Waals surface area contributed by atoms with Gasteiger partial charge in [0.25, 0.3) is 0 Å². The number of amides is 2. The van der Waals surface area contributed by atoms with Gasteiger partial charge in [-0.1, -0.05) is 88.4 Å². The van der Waals surface area contributed by atoms with Crippen molar-refractivity contribution < 1.29 is 42.6 Å². The van der Waals surface area contributed by atoms with E-state index in [-0.39, 0.29) is 23.5 Å². The van der Waals surface area contributed by atoms with Crippen LogP contribution in [0, 0.1) is 23.7 Å². The van der Waals surface area contributed by atoms with Gasteiger partial charge in [-0.25, -0.2) is 14.4 Å². The lowest BCUT2D eigenvalue weighted by Gasteiger charge is -2.42. The Labute approximate surface area is 305 Å². The average Bonchev–Trinajstić information content (AvgIpc) is 2.93. The first kappa shape index (κ1) is 47.7. The quantitative estimate of drug-likeness (QED) is 0.0594. The molecule has 0 aromatic carbocycles. The molecule has 13 heteroatoms. The summed E-state index contributed by atoms with van der Waals surface area (Å²) in [5.41, 5.74) is -0.773. The molecule has 0 aromatic rings. The number of hydrogen-bond donors (Lipinski definition) is 2. The van der Waals surface area contributed by atoms with Gasteiger partial charge in [-0.3, -0.25) is 9.59 Å². The number of ether oxygens (including phenoxy) is 3. The molecule has 2 amide bonds. The van der Waals surface area contributed by atoms with Crippen LogP contribution in [-0.4, -0.2) is 82.6 Å². The normalized spacial score (nSPS) is 16.5. The van der Waals surface area contributed by atoms with Gasteiger partial charge in [0, 0.05) is 8.07 Å². The van der Waals surface area contributed by atoms with E-state index in [9.17, 15) is 24.0 Å². The Hall–Kier alpha value is -2.26. The van der Waals surface area contributed by atoms with Crippen molar-refractivity contribution in [2.45, 2.75) is 177 Å². The highest BCUT2D eigenvalue weighted by molar-refractivity contribution is 6.76. The van der Waals surface area contributed by atoms with Crippen molar-refractivity contribution in [2.24, 2.45) is 23.7 Å². The summed E-state index contributed by atoms with van der Waals surface area (Å²) < 4.78 is 23.7. The van der Waals surface area contributed by atoms with Crippen LogP contribution in [0.15, 0.2) is 0 Å². The third kappa shape index (κ3) is 16.8. The molecule has 0 radical (unpaired) electrons. The average molecular weight is 745 g/mol. The molecule has 0 rings (SSSR count). The zero-order valence-corrected chi connectivity index (χ0v) is 36.6. The summed E-state index contributed by atoms with van der Waals surface area (Å²) in [6.45, 7) is 34.8. The number of rotatable bonds is 19. The van der Waals surface area contributed by atoms with Crippen molar-refractivity contribution in [1.29, 1.82) is 0 Å². The highest BCUT2D eigenvalue weighted by atomic mass is 28.4. The summed E-state index contributed by atoms with van der Waals surface area (Å²) in [6.07, 6.45) is -2.29. The minimum atomic E-state index is -2.64.